The molecule has 0 aromatic carbocycles. The molecule has 1 fully saturated rings. The molecule has 6 nitrogen and oxygen atoms in total. The van der Waals surface area contributed by atoms with E-state index in [0.29, 0.717) is 22.9 Å². The van der Waals surface area contributed by atoms with Gasteiger partial charge in [0.25, 0.3) is 0 Å². The second-order valence-corrected chi connectivity index (χ2v) is 7.13. The SMILES string of the molecule is CC(C)C[C@H](Nc1cncc(Cl)n1)C(=O)N1CCC(N(C)C)C1. The van der Waals surface area contributed by atoms with E-state index in [1.54, 1.807) is 6.20 Å². The van der Waals surface area contributed by atoms with E-state index in [0.717, 1.165) is 25.9 Å². The lowest BCUT2D eigenvalue weighted by Crippen LogP contribution is -2.44. The molecular weight excluding hydrogens is 314 g/mol. The lowest BCUT2D eigenvalue weighted by Gasteiger charge is -2.26. The van der Waals surface area contributed by atoms with Crippen molar-refractivity contribution in [3.05, 3.63) is 17.5 Å². The highest BCUT2D eigenvalue weighted by atomic mass is 35.5. The van der Waals surface area contributed by atoms with Crippen LogP contribution in [-0.4, -0.2) is 64.9 Å². The molecule has 1 aromatic rings. The Morgan fingerprint density at radius 2 is 2.22 bits per heavy atom. The molecule has 7 heteroatoms. The second-order valence-electron chi connectivity index (χ2n) is 6.74. The molecule has 1 aliphatic heterocycles. The summed E-state index contributed by atoms with van der Waals surface area (Å²) in [5, 5.41) is 3.53. The van der Waals surface area contributed by atoms with Crippen molar-refractivity contribution < 1.29 is 4.79 Å². The zero-order valence-corrected chi connectivity index (χ0v) is 15.0. The van der Waals surface area contributed by atoms with Gasteiger partial charge in [-0.2, -0.15) is 0 Å². The molecule has 1 saturated heterocycles. The van der Waals surface area contributed by atoms with E-state index in [4.69, 9.17) is 11.6 Å². The minimum atomic E-state index is -0.302. The van der Waals surface area contributed by atoms with E-state index < -0.39 is 0 Å². The molecule has 23 heavy (non-hydrogen) atoms. The first kappa shape index (κ1) is 17.9. The number of hydrogen-bond acceptors (Lipinski definition) is 5. The quantitative estimate of drug-likeness (QED) is 0.860. The third-order valence-electron chi connectivity index (χ3n) is 4.14. The molecule has 128 valence electrons. The first-order valence-electron chi connectivity index (χ1n) is 8.06. The van der Waals surface area contributed by atoms with Crippen LogP contribution in [0.5, 0.6) is 0 Å². The minimum Gasteiger partial charge on any atom is -0.357 e. The van der Waals surface area contributed by atoms with E-state index in [1.807, 2.05) is 4.90 Å². The molecule has 1 unspecified atom stereocenters. The van der Waals surface area contributed by atoms with Gasteiger partial charge in [-0.25, -0.2) is 4.98 Å². The van der Waals surface area contributed by atoms with Crippen LogP contribution in [0, 0.1) is 5.92 Å². The van der Waals surface area contributed by atoms with Crippen LogP contribution in [0.3, 0.4) is 0 Å². The highest BCUT2D eigenvalue weighted by molar-refractivity contribution is 6.29. The third-order valence-corrected chi connectivity index (χ3v) is 4.32. The van der Waals surface area contributed by atoms with Gasteiger partial charge in [0.2, 0.25) is 5.91 Å². The molecule has 0 saturated carbocycles. The zero-order chi connectivity index (χ0) is 17.0. The lowest BCUT2D eigenvalue weighted by molar-refractivity contribution is -0.131. The molecule has 0 spiro atoms. The molecule has 2 rings (SSSR count). The number of rotatable bonds is 6. The molecule has 2 atom stereocenters. The van der Waals surface area contributed by atoms with Crippen LogP contribution >= 0.6 is 11.6 Å². The van der Waals surface area contributed by atoms with Crippen LogP contribution in [0.4, 0.5) is 5.82 Å². The summed E-state index contributed by atoms with van der Waals surface area (Å²) in [6.45, 7) is 5.80. The fraction of sp³-hybridized carbons (Fsp3) is 0.688. The number of likely N-dealkylation sites (tertiary alicyclic amines) is 1. The highest BCUT2D eigenvalue weighted by Gasteiger charge is 2.32. The summed E-state index contributed by atoms with van der Waals surface area (Å²) in [4.78, 5) is 25.2. The van der Waals surface area contributed by atoms with Crippen LogP contribution in [0.15, 0.2) is 12.4 Å². The molecule has 1 amide bonds. The van der Waals surface area contributed by atoms with E-state index in [1.165, 1.54) is 6.20 Å². The van der Waals surface area contributed by atoms with Gasteiger partial charge in [0.15, 0.2) is 0 Å². The van der Waals surface area contributed by atoms with Crippen LogP contribution in [0.1, 0.15) is 26.7 Å². The Bertz CT molecular complexity index is 537. The van der Waals surface area contributed by atoms with Crippen LogP contribution in [0.2, 0.25) is 5.15 Å². The summed E-state index contributed by atoms with van der Waals surface area (Å²) >= 11 is 5.88. The minimum absolute atomic E-state index is 0.129. The van der Waals surface area contributed by atoms with Crippen molar-refractivity contribution in [1.82, 2.24) is 19.8 Å². The fourth-order valence-corrected chi connectivity index (χ4v) is 3.01. The first-order valence-corrected chi connectivity index (χ1v) is 8.44. The predicted octanol–water partition coefficient (Wildman–Crippen LogP) is 2.12. The average Bonchev–Trinajstić information content (AvgIpc) is 2.95. The third kappa shape index (κ3) is 5.04. The number of halogens is 1. The molecule has 2 heterocycles. The normalized spacial score (nSPS) is 19.4. The Labute approximate surface area is 143 Å². The van der Waals surface area contributed by atoms with Gasteiger partial charge in [0, 0.05) is 19.1 Å². The van der Waals surface area contributed by atoms with Crippen LogP contribution in [0.25, 0.3) is 0 Å². The molecule has 1 N–H and O–H groups in total. The van der Waals surface area contributed by atoms with Gasteiger partial charge in [0.1, 0.15) is 17.0 Å². The summed E-state index contributed by atoms with van der Waals surface area (Å²) in [6.07, 6.45) is 4.84. The van der Waals surface area contributed by atoms with Gasteiger partial charge in [-0.3, -0.25) is 9.78 Å². The van der Waals surface area contributed by atoms with Crippen molar-refractivity contribution in [3.8, 4) is 0 Å². The monoisotopic (exact) mass is 339 g/mol. The largest absolute Gasteiger partial charge is 0.357 e. The van der Waals surface area contributed by atoms with Crippen molar-refractivity contribution in [1.29, 1.82) is 0 Å². The molecule has 0 bridgehead atoms. The molecule has 1 aliphatic rings. The molecule has 0 aliphatic carbocycles. The predicted molar refractivity (Wildman–Crippen MR) is 92.6 cm³/mol. The van der Waals surface area contributed by atoms with E-state index in [-0.39, 0.29) is 11.9 Å². The summed E-state index contributed by atoms with van der Waals surface area (Å²) in [5.41, 5.74) is 0. The number of likely N-dealkylation sites (N-methyl/N-ethyl adjacent to an activating group) is 1. The van der Waals surface area contributed by atoms with Gasteiger partial charge in [0.05, 0.1) is 12.4 Å². The maximum absolute atomic E-state index is 12.9. The Morgan fingerprint density at radius 3 is 2.78 bits per heavy atom. The number of anilines is 1. The van der Waals surface area contributed by atoms with Gasteiger partial charge >= 0.3 is 0 Å². The topological polar surface area (TPSA) is 61.4 Å². The second kappa shape index (κ2) is 7.93. The number of nitrogens with zero attached hydrogens (tertiary/aromatic N) is 4. The molecule has 1 aromatic heterocycles. The van der Waals surface area contributed by atoms with E-state index in [2.05, 4.69) is 48.1 Å². The smallest absolute Gasteiger partial charge is 0.245 e. The van der Waals surface area contributed by atoms with E-state index >= 15 is 0 Å². The van der Waals surface area contributed by atoms with Gasteiger partial charge in [-0.05, 0) is 32.9 Å². The highest BCUT2D eigenvalue weighted by Crippen LogP contribution is 2.19. The van der Waals surface area contributed by atoms with Gasteiger partial charge in [-0.15, -0.1) is 0 Å². The summed E-state index contributed by atoms with van der Waals surface area (Å²) in [6, 6.07) is 0.133. The number of carbonyl (C=O) groups is 1. The van der Waals surface area contributed by atoms with Crippen LogP contribution in [-0.2, 0) is 4.79 Å². The standard InChI is InChI=1S/C16H26ClN5O/c1-11(2)7-13(19-15-9-18-8-14(17)20-15)16(23)22-6-5-12(10-22)21(3)4/h8-9,11-13H,5-7,10H2,1-4H3,(H,19,20)/t12?,13-/m0/s1. The Balaban J connectivity index is 2.07. The summed E-state index contributed by atoms with van der Waals surface area (Å²) in [5.74, 6) is 1.07. The zero-order valence-electron chi connectivity index (χ0n) is 14.3. The number of aromatic nitrogens is 2. The molecule has 0 radical (unpaired) electrons. The summed E-state index contributed by atoms with van der Waals surface area (Å²) in [7, 11) is 4.12. The van der Waals surface area contributed by atoms with Crippen molar-refractivity contribution in [3.63, 3.8) is 0 Å². The summed E-state index contributed by atoms with van der Waals surface area (Å²) < 4.78 is 0. The maximum atomic E-state index is 12.9. The lowest BCUT2D eigenvalue weighted by atomic mass is 10.0. The average molecular weight is 340 g/mol. The van der Waals surface area contributed by atoms with Gasteiger partial charge < -0.3 is 15.1 Å². The van der Waals surface area contributed by atoms with Gasteiger partial charge in [-0.1, -0.05) is 25.4 Å². The Kier molecular flexibility index (Phi) is 6.18. The number of nitrogens with one attached hydrogen (secondary N) is 1. The Hall–Kier alpha value is -1.40. The first-order chi connectivity index (χ1) is 10.9. The van der Waals surface area contributed by atoms with Crippen LogP contribution < -0.4 is 5.32 Å². The number of amides is 1. The van der Waals surface area contributed by atoms with Crippen molar-refractivity contribution in [2.75, 3.05) is 32.5 Å². The Morgan fingerprint density at radius 1 is 1.48 bits per heavy atom. The molecular formula is C16H26ClN5O. The van der Waals surface area contributed by atoms with Crippen molar-refractivity contribution >= 4 is 23.3 Å². The number of hydrogen-bond donors (Lipinski definition) is 1. The van der Waals surface area contributed by atoms with Crippen molar-refractivity contribution in [2.24, 2.45) is 5.92 Å². The number of carbonyl (C=O) groups excluding carboxylic acids is 1. The van der Waals surface area contributed by atoms with E-state index in [9.17, 15) is 4.79 Å². The fourth-order valence-electron chi connectivity index (χ4n) is 2.87. The van der Waals surface area contributed by atoms with Crippen molar-refractivity contribution in [2.45, 2.75) is 38.8 Å². The maximum Gasteiger partial charge on any atom is 0.245 e.